The summed E-state index contributed by atoms with van der Waals surface area (Å²) in [5, 5.41) is 6.85. The Bertz CT molecular complexity index is 877. The van der Waals surface area contributed by atoms with E-state index in [1.807, 2.05) is 61.5 Å². The molecule has 0 saturated heterocycles. The Morgan fingerprint density at radius 3 is 2.58 bits per heavy atom. The fourth-order valence-electron chi connectivity index (χ4n) is 2.50. The number of hydrogen-bond donors (Lipinski definition) is 2. The first-order chi connectivity index (χ1) is 12.6. The van der Waals surface area contributed by atoms with E-state index in [9.17, 15) is 4.79 Å². The molecule has 4 nitrogen and oxygen atoms in total. The second-order valence-electron chi connectivity index (χ2n) is 6.06. The third-order valence-electron chi connectivity index (χ3n) is 3.94. The number of nitrogens with zero attached hydrogens (tertiary/aromatic N) is 1. The number of nitrogens with one attached hydrogen (secondary N) is 2. The van der Waals surface area contributed by atoms with E-state index in [2.05, 4.69) is 15.6 Å². The highest BCUT2D eigenvalue weighted by Gasteiger charge is 2.06. The van der Waals surface area contributed by atoms with Crippen LogP contribution >= 0.6 is 11.6 Å². The molecule has 0 aliphatic heterocycles. The summed E-state index contributed by atoms with van der Waals surface area (Å²) in [5.41, 5.74) is 3.60. The zero-order valence-corrected chi connectivity index (χ0v) is 15.3. The lowest BCUT2D eigenvalue weighted by Gasteiger charge is -2.08. The van der Waals surface area contributed by atoms with Crippen LogP contribution in [0, 0.1) is 6.92 Å². The number of benzene rings is 2. The zero-order chi connectivity index (χ0) is 18.4. The summed E-state index contributed by atoms with van der Waals surface area (Å²) in [6.07, 6.45) is 2.42. The molecule has 2 N–H and O–H groups in total. The summed E-state index contributed by atoms with van der Waals surface area (Å²) < 4.78 is 0. The van der Waals surface area contributed by atoms with Gasteiger partial charge in [-0.05, 0) is 55.3 Å². The highest BCUT2D eigenvalue weighted by Crippen LogP contribution is 2.13. The van der Waals surface area contributed by atoms with Crippen molar-refractivity contribution in [2.24, 2.45) is 0 Å². The van der Waals surface area contributed by atoms with Crippen LogP contribution in [0.15, 0.2) is 66.9 Å². The van der Waals surface area contributed by atoms with E-state index in [1.165, 1.54) is 5.56 Å². The van der Waals surface area contributed by atoms with Crippen LogP contribution in [0.25, 0.3) is 0 Å². The Morgan fingerprint density at radius 1 is 1.08 bits per heavy atom. The molecule has 0 aliphatic rings. The molecule has 0 spiro atoms. The van der Waals surface area contributed by atoms with E-state index in [0.29, 0.717) is 5.56 Å². The quantitative estimate of drug-likeness (QED) is 0.649. The van der Waals surface area contributed by atoms with Gasteiger partial charge in [-0.3, -0.25) is 4.79 Å². The van der Waals surface area contributed by atoms with Crippen LogP contribution in [0.4, 0.5) is 11.5 Å². The minimum Gasteiger partial charge on any atom is -0.370 e. The van der Waals surface area contributed by atoms with Crippen molar-refractivity contribution in [2.75, 3.05) is 17.2 Å². The van der Waals surface area contributed by atoms with Crippen molar-refractivity contribution in [3.05, 3.63) is 88.6 Å². The Kier molecular flexibility index (Phi) is 5.87. The number of carbonyl (C=O) groups excluding carboxylic acids is 1. The second-order valence-corrected chi connectivity index (χ2v) is 6.50. The highest BCUT2D eigenvalue weighted by molar-refractivity contribution is 6.30. The largest absolute Gasteiger partial charge is 0.370 e. The summed E-state index contributed by atoms with van der Waals surface area (Å²) in [7, 11) is 0. The molecule has 5 heteroatoms. The number of anilines is 2. The van der Waals surface area contributed by atoms with Crippen molar-refractivity contribution in [1.82, 2.24) is 4.98 Å². The zero-order valence-electron chi connectivity index (χ0n) is 14.5. The molecule has 1 aromatic heterocycles. The van der Waals surface area contributed by atoms with Gasteiger partial charge in [-0.2, -0.15) is 0 Å². The molecule has 1 amide bonds. The molecule has 132 valence electrons. The third-order valence-corrected chi connectivity index (χ3v) is 4.18. The van der Waals surface area contributed by atoms with Crippen molar-refractivity contribution in [3.8, 4) is 0 Å². The van der Waals surface area contributed by atoms with Gasteiger partial charge in [-0.25, -0.2) is 4.98 Å². The Balaban J connectivity index is 1.52. The van der Waals surface area contributed by atoms with Gasteiger partial charge in [-0.15, -0.1) is 0 Å². The van der Waals surface area contributed by atoms with Crippen LogP contribution in [0.3, 0.4) is 0 Å². The first-order valence-corrected chi connectivity index (χ1v) is 8.80. The predicted molar refractivity (Wildman–Crippen MR) is 107 cm³/mol. The maximum absolute atomic E-state index is 12.3. The van der Waals surface area contributed by atoms with E-state index in [1.54, 1.807) is 12.3 Å². The van der Waals surface area contributed by atoms with Gasteiger partial charge in [0.05, 0.1) is 5.56 Å². The maximum atomic E-state index is 12.3. The van der Waals surface area contributed by atoms with Crippen LogP contribution < -0.4 is 10.6 Å². The SMILES string of the molecule is Cc1ccc(NC(=O)c2ccc(NCCc3cccc(Cl)c3)nc2)cc1. The second kappa shape index (κ2) is 8.50. The molecule has 26 heavy (non-hydrogen) atoms. The van der Waals surface area contributed by atoms with Crippen LogP contribution in [0.1, 0.15) is 21.5 Å². The number of hydrogen-bond acceptors (Lipinski definition) is 3. The van der Waals surface area contributed by atoms with Crippen LogP contribution in [0.5, 0.6) is 0 Å². The standard InChI is InChI=1S/C21H20ClN3O/c1-15-5-8-19(9-6-15)25-21(26)17-7-10-20(24-14-17)23-12-11-16-3-2-4-18(22)13-16/h2-10,13-14H,11-12H2,1H3,(H,23,24)(H,25,26). The molecule has 0 saturated carbocycles. The van der Waals surface area contributed by atoms with Gasteiger partial charge < -0.3 is 10.6 Å². The normalized spacial score (nSPS) is 10.4. The molecule has 0 radical (unpaired) electrons. The van der Waals surface area contributed by atoms with Gasteiger partial charge >= 0.3 is 0 Å². The third kappa shape index (κ3) is 5.07. The molecule has 1 heterocycles. The molecule has 0 fully saturated rings. The summed E-state index contributed by atoms with van der Waals surface area (Å²) in [6.45, 7) is 2.75. The molecule has 3 aromatic rings. The van der Waals surface area contributed by atoms with E-state index < -0.39 is 0 Å². The van der Waals surface area contributed by atoms with Crippen molar-refractivity contribution >= 4 is 29.0 Å². The van der Waals surface area contributed by atoms with Crippen molar-refractivity contribution in [2.45, 2.75) is 13.3 Å². The lowest BCUT2D eigenvalue weighted by molar-refractivity contribution is 0.102. The lowest BCUT2D eigenvalue weighted by Crippen LogP contribution is -2.13. The van der Waals surface area contributed by atoms with E-state index in [4.69, 9.17) is 11.6 Å². The van der Waals surface area contributed by atoms with Gasteiger partial charge in [0.25, 0.3) is 5.91 Å². The average molecular weight is 366 g/mol. The van der Waals surface area contributed by atoms with Crippen LogP contribution in [-0.4, -0.2) is 17.4 Å². The smallest absolute Gasteiger partial charge is 0.257 e. The summed E-state index contributed by atoms with van der Waals surface area (Å²) >= 11 is 5.98. The topological polar surface area (TPSA) is 54.0 Å². The fraction of sp³-hybridized carbons (Fsp3) is 0.143. The van der Waals surface area contributed by atoms with Gasteiger partial charge in [-0.1, -0.05) is 41.4 Å². The van der Waals surface area contributed by atoms with Gasteiger partial charge in [0, 0.05) is 23.5 Å². The Morgan fingerprint density at radius 2 is 1.88 bits per heavy atom. The van der Waals surface area contributed by atoms with E-state index >= 15 is 0 Å². The first-order valence-electron chi connectivity index (χ1n) is 8.42. The Labute approximate surface area is 158 Å². The minimum absolute atomic E-state index is 0.174. The van der Waals surface area contributed by atoms with Crippen molar-refractivity contribution < 1.29 is 4.79 Å². The average Bonchev–Trinajstić information content (AvgIpc) is 2.64. The summed E-state index contributed by atoms with van der Waals surface area (Å²) in [5.74, 6) is 0.561. The van der Waals surface area contributed by atoms with E-state index in [-0.39, 0.29) is 5.91 Å². The van der Waals surface area contributed by atoms with Crippen LogP contribution in [0.2, 0.25) is 5.02 Å². The van der Waals surface area contributed by atoms with E-state index in [0.717, 1.165) is 35.1 Å². The molecular formula is C21H20ClN3O. The molecular weight excluding hydrogens is 346 g/mol. The number of aromatic nitrogens is 1. The van der Waals surface area contributed by atoms with Crippen molar-refractivity contribution in [3.63, 3.8) is 0 Å². The predicted octanol–water partition coefficient (Wildman–Crippen LogP) is 4.95. The number of carbonyl (C=O) groups is 1. The highest BCUT2D eigenvalue weighted by atomic mass is 35.5. The van der Waals surface area contributed by atoms with Gasteiger partial charge in [0.1, 0.15) is 5.82 Å². The number of halogens is 1. The molecule has 0 aliphatic carbocycles. The fourth-order valence-corrected chi connectivity index (χ4v) is 2.71. The van der Waals surface area contributed by atoms with Gasteiger partial charge in [0.15, 0.2) is 0 Å². The molecule has 0 atom stereocenters. The number of amides is 1. The Hall–Kier alpha value is -2.85. The van der Waals surface area contributed by atoms with Gasteiger partial charge in [0.2, 0.25) is 0 Å². The molecule has 3 rings (SSSR count). The number of rotatable bonds is 6. The molecule has 2 aromatic carbocycles. The minimum atomic E-state index is -0.174. The first kappa shape index (κ1) is 18.0. The summed E-state index contributed by atoms with van der Waals surface area (Å²) in [4.78, 5) is 16.6. The number of aryl methyl sites for hydroxylation is 1. The molecule has 0 bridgehead atoms. The van der Waals surface area contributed by atoms with Crippen molar-refractivity contribution in [1.29, 1.82) is 0 Å². The monoisotopic (exact) mass is 365 g/mol. The van der Waals surface area contributed by atoms with Crippen LogP contribution in [-0.2, 0) is 6.42 Å². The lowest BCUT2D eigenvalue weighted by atomic mass is 10.1. The number of pyridine rings is 1. The molecule has 0 unspecified atom stereocenters. The summed E-state index contributed by atoms with van der Waals surface area (Å²) in [6, 6.07) is 19.0. The maximum Gasteiger partial charge on any atom is 0.257 e.